The van der Waals surface area contributed by atoms with Gasteiger partial charge in [0.05, 0.1) is 11.6 Å². The van der Waals surface area contributed by atoms with E-state index in [1.54, 1.807) is 13.2 Å². The molecule has 0 spiro atoms. The van der Waals surface area contributed by atoms with Crippen molar-refractivity contribution in [2.75, 3.05) is 12.8 Å². The minimum atomic E-state index is 0.492. The summed E-state index contributed by atoms with van der Waals surface area (Å²) >= 11 is 3.44. The molecule has 2 aromatic rings. The minimum Gasteiger partial charge on any atom is -0.496 e. The lowest BCUT2D eigenvalue weighted by molar-refractivity contribution is 0.306. The molecule has 0 fully saturated rings. The maximum absolute atomic E-state index is 5.69. The van der Waals surface area contributed by atoms with Crippen molar-refractivity contribution < 1.29 is 9.47 Å². The molecule has 0 saturated carbocycles. The summed E-state index contributed by atoms with van der Waals surface area (Å²) < 4.78 is 11.7. The fourth-order valence-corrected chi connectivity index (χ4v) is 2.16. The van der Waals surface area contributed by atoms with Crippen LogP contribution in [0.3, 0.4) is 0 Å². The molecule has 0 saturated heterocycles. The number of nitrogens with two attached hydrogens (primary N) is 1. The predicted molar refractivity (Wildman–Crippen MR) is 75.9 cm³/mol. The summed E-state index contributed by atoms with van der Waals surface area (Å²) in [4.78, 5) is 0. The van der Waals surface area contributed by atoms with Crippen molar-refractivity contribution in [1.82, 2.24) is 0 Å². The lowest BCUT2D eigenvalue weighted by Crippen LogP contribution is -1.96. The third kappa shape index (κ3) is 3.17. The van der Waals surface area contributed by atoms with Crippen LogP contribution in [0, 0.1) is 0 Å². The van der Waals surface area contributed by atoms with Crippen LogP contribution in [-0.4, -0.2) is 7.11 Å². The van der Waals surface area contributed by atoms with Crippen molar-refractivity contribution in [3.8, 4) is 11.5 Å². The SMILES string of the molecule is COc1ccc(COc2cccc(N)c2)cc1Br. The van der Waals surface area contributed by atoms with Crippen LogP contribution >= 0.6 is 15.9 Å². The van der Waals surface area contributed by atoms with Crippen LogP contribution in [0.2, 0.25) is 0 Å². The van der Waals surface area contributed by atoms with Gasteiger partial charge in [-0.15, -0.1) is 0 Å². The Kier molecular flexibility index (Phi) is 4.10. The molecule has 0 radical (unpaired) electrons. The van der Waals surface area contributed by atoms with Crippen LogP contribution in [0.1, 0.15) is 5.56 Å². The summed E-state index contributed by atoms with van der Waals surface area (Å²) in [5.41, 5.74) is 7.44. The second-order valence-corrected chi connectivity index (χ2v) is 4.68. The smallest absolute Gasteiger partial charge is 0.133 e. The van der Waals surface area contributed by atoms with E-state index in [9.17, 15) is 0 Å². The van der Waals surface area contributed by atoms with Gasteiger partial charge in [0, 0.05) is 11.8 Å². The van der Waals surface area contributed by atoms with Gasteiger partial charge in [0.25, 0.3) is 0 Å². The molecule has 0 aliphatic heterocycles. The number of ether oxygens (including phenoxy) is 2. The Bertz CT molecular complexity index is 543. The average Bonchev–Trinajstić information content (AvgIpc) is 2.37. The summed E-state index contributed by atoms with van der Waals surface area (Å²) in [7, 11) is 1.64. The second-order valence-electron chi connectivity index (χ2n) is 3.83. The first-order valence-corrected chi connectivity index (χ1v) is 6.29. The van der Waals surface area contributed by atoms with Crippen molar-refractivity contribution in [2.24, 2.45) is 0 Å². The zero-order chi connectivity index (χ0) is 13.0. The highest BCUT2D eigenvalue weighted by atomic mass is 79.9. The van der Waals surface area contributed by atoms with Crippen molar-refractivity contribution in [3.05, 3.63) is 52.5 Å². The van der Waals surface area contributed by atoms with Crippen LogP contribution in [0.15, 0.2) is 46.9 Å². The van der Waals surface area contributed by atoms with Gasteiger partial charge in [-0.05, 0) is 45.8 Å². The molecular weight excluding hydrogens is 294 g/mol. The Morgan fingerprint density at radius 2 is 2.00 bits per heavy atom. The molecule has 0 bridgehead atoms. The van der Waals surface area contributed by atoms with Gasteiger partial charge in [0.1, 0.15) is 18.1 Å². The van der Waals surface area contributed by atoms with Gasteiger partial charge in [-0.25, -0.2) is 0 Å². The standard InChI is InChI=1S/C14H14BrNO2/c1-17-14-6-5-10(7-13(14)15)9-18-12-4-2-3-11(16)8-12/h2-8H,9,16H2,1H3. The lowest BCUT2D eigenvalue weighted by atomic mass is 10.2. The Labute approximate surface area is 115 Å². The van der Waals surface area contributed by atoms with E-state index in [2.05, 4.69) is 15.9 Å². The first kappa shape index (κ1) is 12.8. The van der Waals surface area contributed by atoms with Gasteiger partial charge in [0.2, 0.25) is 0 Å². The van der Waals surface area contributed by atoms with Crippen LogP contribution in [0.5, 0.6) is 11.5 Å². The lowest BCUT2D eigenvalue weighted by Gasteiger charge is -2.09. The van der Waals surface area contributed by atoms with Gasteiger partial charge in [-0.1, -0.05) is 12.1 Å². The van der Waals surface area contributed by atoms with Gasteiger partial charge in [-0.3, -0.25) is 0 Å². The van der Waals surface area contributed by atoms with Crippen molar-refractivity contribution in [1.29, 1.82) is 0 Å². The van der Waals surface area contributed by atoms with Crippen molar-refractivity contribution >= 4 is 21.6 Å². The number of hydrogen-bond acceptors (Lipinski definition) is 3. The fraction of sp³-hybridized carbons (Fsp3) is 0.143. The van der Waals surface area contributed by atoms with E-state index in [0.717, 1.165) is 21.5 Å². The molecule has 0 aliphatic rings. The summed E-state index contributed by atoms with van der Waals surface area (Å²) in [6, 6.07) is 13.2. The highest BCUT2D eigenvalue weighted by Crippen LogP contribution is 2.26. The third-order valence-corrected chi connectivity index (χ3v) is 3.10. The number of rotatable bonds is 4. The number of anilines is 1. The molecule has 3 nitrogen and oxygen atoms in total. The number of halogens is 1. The monoisotopic (exact) mass is 307 g/mol. The number of methoxy groups -OCH3 is 1. The molecule has 2 rings (SSSR count). The van der Waals surface area contributed by atoms with E-state index >= 15 is 0 Å². The Morgan fingerprint density at radius 3 is 2.67 bits per heavy atom. The van der Waals surface area contributed by atoms with Gasteiger partial charge in [-0.2, -0.15) is 0 Å². The van der Waals surface area contributed by atoms with Gasteiger partial charge in [0.15, 0.2) is 0 Å². The topological polar surface area (TPSA) is 44.5 Å². The normalized spacial score (nSPS) is 10.1. The van der Waals surface area contributed by atoms with Gasteiger partial charge >= 0.3 is 0 Å². The highest BCUT2D eigenvalue weighted by molar-refractivity contribution is 9.10. The number of nitrogen functional groups attached to an aromatic ring is 1. The van der Waals surface area contributed by atoms with Crippen LogP contribution in [-0.2, 0) is 6.61 Å². The molecule has 0 atom stereocenters. The summed E-state index contributed by atoms with van der Waals surface area (Å²) in [6.45, 7) is 0.492. The number of hydrogen-bond donors (Lipinski definition) is 1. The zero-order valence-corrected chi connectivity index (χ0v) is 11.6. The maximum Gasteiger partial charge on any atom is 0.133 e. The molecule has 4 heteroatoms. The van der Waals surface area contributed by atoms with Gasteiger partial charge < -0.3 is 15.2 Å². The average molecular weight is 308 g/mol. The summed E-state index contributed by atoms with van der Waals surface area (Å²) in [5, 5.41) is 0. The third-order valence-electron chi connectivity index (χ3n) is 2.48. The fourth-order valence-electron chi connectivity index (χ4n) is 1.57. The first-order chi connectivity index (χ1) is 8.69. The predicted octanol–water partition coefficient (Wildman–Crippen LogP) is 3.62. The molecule has 2 aromatic carbocycles. The summed E-state index contributed by atoms with van der Waals surface area (Å²) in [5.74, 6) is 1.57. The minimum absolute atomic E-state index is 0.492. The van der Waals surface area contributed by atoms with E-state index in [0.29, 0.717) is 12.3 Å². The number of benzene rings is 2. The van der Waals surface area contributed by atoms with Crippen LogP contribution in [0.25, 0.3) is 0 Å². The highest BCUT2D eigenvalue weighted by Gasteiger charge is 2.02. The molecule has 0 aromatic heterocycles. The molecule has 0 aliphatic carbocycles. The van der Waals surface area contributed by atoms with Crippen LogP contribution in [0.4, 0.5) is 5.69 Å². The van der Waals surface area contributed by atoms with Crippen molar-refractivity contribution in [2.45, 2.75) is 6.61 Å². The Balaban J connectivity index is 2.04. The molecule has 94 valence electrons. The van der Waals surface area contributed by atoms with E-state index < -0.39 is 0 Å². The molecule has 2 N–H and O–H groups in total. The second kappa shape index (κ2) is 5.78. The Hall–Kier alpha value is -1.68. The van der Waals surface area contributed by atoms with E-state index in [-0.39, 0.29) is 0 Å². The molecular formula is C14H14BrNO2. The Morgan fingerprint density at radius 1 is 1.17 bits per heavy atom. The van der Waals surface area contributed by atoms with Crippen LogP contribution < -0.4 is 15.2 Å². The molecule has 0 heterocycles. The molecule has 0 unspecified atom stereocenters. The first-order valence-electron chi connectivity index (χ1n) is 5.50. The quantitative estimate of drug-likeness (QED) is 0.877. The largest absolute Gasteiger partial charge is 0.496 e. The van der Waals surface area contributed by atoms with E-state index in [1.165, 1.54) is 0 Å². The molecule has 18 heavy (non-hydrogen) atoms. The van der Waals surface area contributed by atoms with E-state index in [4.69, 9.17) is 15.2 Å². The summed E-state index contributed by atoms with van der Waals surface area (Å²) in [6.07, 6.45) is 0. The maximum atomic E-state index is 5.69. The zero-order valence-electron chi connectivity index (χ0n) is 10.0. The van der Waals surface area contributed by atoms with Crippen molar-refractivity contribution in [3.63, 3.8) is 0 Å². The molecule has 0 amide bonds. The van der Waals surface area contributed by atoms with E-state index in [1.807, 2.05) is 36.4 Å².